The summed E-state index contributed by atoms with van der Waals surface area (Å²) in [5.74, 6) is -0.388. The van der Waals surface area contributed by atoms with Crippen molar-refractivity contribution in [2.75, 3.05) is 18.8 Å². The van der Waals surface area contributed by atoms with Gasteiger partial charge in [0, 0.05) is 18.8 Å². The Bertz CT molecular complexity index is 306. The first-order valence-corrected chi connectivity index (χ1v) is 6.57. The van der Waals surface area contributed by atoms with Crippen LogP contribution in [0.4, 0.5) is 0 Å². The summed E-state index contributed by atoms with van der Waals surface area (Å²) in [4.78, 5) is 24.8. The highest BCUT2D eigenvalue weighted by Crippen LogP contribution is 2.33. The molecule has 1 amide bonds. The van der Waals surface area contributed by atoms with Crippen molar-refractivity contribution >= 4 is 23.6 Å². The minimum Gasteiger partial charge on any atom is -0.480 e. The second kappa shape index (κ2) is 4.63. The first-order chi connectivity index (χ1) is 7.65. The lowest BCUT2D eigenvalue weighted by Gasteiger charge is -2.34. The molecule has 0 aromatic heterocycles. The van der Waals surface area contributed by atoms with Gasteiger partial charge in [-0.2, -0.15) is 0 Å². The highest BCUT2D eigenvalue weighted by atomic mass is 32.2. The molecular weight excluding hydrogens is 228 g/mol. The van der Waals surface area contributed by atoms with Crippen molar-refractivity contribution in [3.8, 4) is 0 Å². The van der Waals surface area contributed by atoms with Gasteiger partial charge in [-0.15, -0.1) is 11.8 Å². The summed E-state index contributed by atoms with van der Waals surface area (Å²) in [6.07, 6.45) is 0.806. The number of nitrogens with zero attached hydrogens (tertiary/aromatic N) is 1. The van der Waals surface area contributed by atoms with E-state index in [0.717, 1.165) is 6.42 Å². The number of aliphatic carboxylic acids is 1. The fourth-order valence-electron chi connectivity index (χ4n) is 2.04. The van der Waals surface area contributed by atoms with E-state index in [1.807, 2.05) is 6.92 Å². The molecule has 2 unspecified atom stereocenters. The van der Waals surface area contributed by atoms with Gasteiger partial charge in [-0.1, -0.05) is 6.92 Å². The van der Waals surface area contributed by atoms with Crippen LogP contribution in [0.25, 0.3) is 0 Å². The van der Waals surface area contributed by atoms with Gasteiger partial charge in [-0.05, 0) is 6.42 Å². The zero-order valence-corrected chi connectivity index (χ0v) is 10.00. The van der Waals surface area contributed by atoms with Crippen LogP contribution in [0, 0.1) is 5.92 Å². The van der Waals surface area contributed by atoms with Crippen LogP contribution in [0.15, 0.2) is 0 Å². The number of nitrogens with one attached hydrogen (secondary N) is 1. The molecule has 2 aliphatic rings. The van der Waals surface area contributed by atoms with E-state index in [0.29, 0.717) is 18.8 Å². The summed E-state index contributed by atoms with van der Waals surface area (Å²) in [7, 11) is 0. The quantitative estimate of drug-likeness (QED) is 0.729. The van der Waals surface area contributed by atoms with Crippen molar-refractivity contribution in [2.24, 2.45) is 5.92 Å². The largest absolute Gasteiger partial charge is 0.480 e. The van der Waals surface area contributed by atoms with Crippen molar-refractivity contribution < 1.29 is 14.7 Å². The number of hydrogen-bond acceptors (Lipinski definition) is 4. The van der Waals surface area contributed by atoms with Gasteiger partial charge in [0.15, 0.2) is 0 Å². The minimum atomic E-state index is -0.885. The summed E-state index contributed by atoms with van der Waals surface area (Å²) in [6.45, 7) is 3.35. The van der Waals surface area contributed by atoms with Crippen molar-refractivity contribution in [3.05, 3.63) is 0 Å². The molecule has 5 nitrogen and oxygen atoms in total. The highest BCUT2D eigenvalue weighted by molar-refractivity contribution is 8.00. The Hall–Kier alpha value is -0.750. The molecule has 2 N–H and O–H groups in total. The van der Waals surface area contributed by atoms with Crippen LogP contribution in [0.1, 0.15) is 13.3 Å². The maximum atomic E-state index is 12.1. The third-order valence-electron chi connectivity index (χ3n) is 3.11. The summed E-state index contributed by atoms with van der Waals surface area (Å²) < 4.78 is 0. The van der Waals surface area contributed by atoms with Crippen LogP contribution in [-0.4, -0.2) is 52.1 Å². The lowest BCUT2D eigenvalue weighted by atomic mass is 10.0. The number of amides is 1. The van der Waals surface area contributed by atoms with Gasteiger partial charge in [0.25, 0.3) is 0 Å². The van der Waals surface area contributed by atoms with Crippen LogP contribution in [-0.2, 0) is 9.59 Å². The second-order valence-corrected chi connectivity index (χ2v) is 5.36. The summed E-state index contributed by atoms with van der Waals surface area (Å²) in [5, 5.41) is 12.2. The number of carbonyl (C=O) groups excluding carboxylic acids is 1. The van der Waals surface area contributed by atoms with E-state index in [9.17, 15) is 9.59 Å². The van der Waals surface area contributed by atoms with E-state index < -0.39 is 12.0 Å². The van der Waals surface area contributed by atoms with E-state index in [1.54, 1.807) is 16.7 Å². The number of carboxylic acids is 1. The third kappa shape index (κ3) is 1.91. The molecule has 2 fully saturated rings. The SMILES string of the molecule is CCC1SCC(C(=O)O)N1C(=O)C1CNC1. The van der Waals surface area contributed by atoms with Gasteiger partial charge in [-0.25, -0.2) is 4.79 Å². The Morgan fingerprint density at radius 3 is 2.62 bits per heavy atom. The van der Waals surface area contributed by atoms with Gasteiger partial charge < -0.3 is 15.3 Å². The first-order valence-electron chi connectivity index (χ1n) is 5.52. The topological polar surface area (TPSA) is 69.6 Å². The van der Waals surface area contributed by atoms with E-state index in [2.05, 4.69) is 5.32 Å². The van der Waals surface area contributed by atoms with Crippen LogP contribution in [0.2, 0.25) is 0 Å². The van der Waals surface area contributed by atoms with Crippen LogP contribution in [0.5, 0.6) is 0 Å². The third-order valence-corrected chi connectivity index (χ3v) is 4.57. The van der Waals surface area contributed by atoms with E-state index >= 15 is 0 Å². The van der Waals surface area contributed by atoms with Crippen LogP contribution in [0.3, 0.4) is 0 Å². The predicted octanol–water partition coefficient (Wildman–Crippen LogP) is -0.0295. The Morgan fingerprint density at radius 2 is 2.19 bits per heavy atom. The minimum absolute atomic E-state index is 0.00278. The molecule has 0 aromatic carbocycles. The first kappa shape index (κ1) is 11.7. The molecule has 2 saturated heterocycles. The van der Waals surface area contributed by atoms with Crippen molar-refractivity contribution in [2.45, 2.75) is 24.8 Å². The fraction of sp³-hybridized carbons (Fsp3) is 0.800. The Kier molecular flexibility index (Phi) is 3.39. The molecule has 6 heteroatoms. The monoisotopic (exact) mass is 244 g/mol. The predicted molar refractivity (Wildman–Crippen MR) is 61.2 cm³/mol. The zero-order valence-electron chi connectivity index (χ0n) is 9.18. The van der Waals surface area contributed by atoms with E-state index in [-0.39, 0.29) is 17.2 Å². The maximum absolute atomic E-state index is 12.1. The maximum Gasteiger partial charge on any atom is 0.327 e. The normalized spacial score (nSPS) is 30.2. The highest BCUT2D eigenvalue weighted by Gasteiger charge is 2.43. The molecule has 2 heterocycles. The van der Waals surface area contributed by atoms with Crippen LogP contribution < -0.4 is 5.32 Å². The van der Waals surface area contributed by atoms with E-state index in [1.165, 1.54) is 0 Å². The van der Waals surface area contributed by atoms with Gasteiger partial charge in [0.1, 0.15) is 6.04 Å². The Morgan fingerprint density at radius 1 is 1.50 bits per heavy atom. The van der Waals surface area contributed by atoms with Crippen molar-refractivity contribution in [3.63, 3.8) is 0 Å². The number of carbonyl (C=O) groups is 2. The summed E-state index contributed by atoms with van der Waals surface area (Å²) >= 11 is 1.57. The standard InChI is InChI=1S/C10H16N2O3S/c1-2-8-12(7(5-16-8)10(14)15)9(13)6-3-11-4-6/h6-8,11H,2-5H2,1H3,(H,14,15). The number of rotatable bonds is 3. The average molecular weight is 244 g/mol. The molecule has 0 aromatic rings. The van der Waals surface area contributed by atoms with Gasteiger partial charge in [0.2, 0.25) is 5.91 Å². The zero-order chi connectivity index (χ0) is 11.7. The number of carboxylic acid groups (broad SMARTS) is 1. The number of thioether (sulfide) groups is 1. The Balaban J connectivity index is 2.11. The molecular formula is C10H16N2O3S. The Labute approximate surface area is 98.6 Å². The summed E-state index contributed by atoms with van der Waals surface area (Å²) in [5.41, 5.74) is 0. The summed E-state index contributed by atoms with van der Waals surface area (Å²) in [6, 6.07) is -0.636. The lowest BCUT2D eigenvalue weighted by molar-refractivity contribution is -0.151. The van der Waals surface area contributed by atoms with E-state index in [4.69, 9.17) is 5.11 Å². The second-order valence-electron chi connectivity index (χ2n) is 4.15. The molecule has 0 spiro atoms. The molecule has 90 valence electrons. The van der Waals surface area contributed by atoms with Crippen LogP contribution >= 0.6 is 11.8 Å². The van der Waals surface area contributed by atoms with Gasteiger partial charge in [0.05, 0.1) is 11.3 Å². The van der Waals surface area contributed by atoms with Gasteiger partial charge >= 0.3 is 5.97 Å². The van der Waals surface area contributed by atoms with Crippen molar-refractivity contribution in [1.82, 2.24) is 10.2 Å². The molecule has 2 aliphatic heterocycles. The lowest BCUT2D eigenvalue weighted by Crippen LogP contribution is -2.56. The number of hydrogen-bond donors (Lipinski definition) is 2. The average Bonchev–Trinajstić information content (AvgIpc) is 2.57. The fourth-order valence-corrected chi connectivity index (χ4v) is 3.39. The molecule has 2 atom stereocenters. The molecule has 0 radical (unpaired) electrons. The molecule has 16 heavy (non-hydrogen) atoms. The van der Waals surface area contributed by atoms with Crippen molar-refractivity contribution in [1.29, 1.82) is 0 Å². The molecule has 2 rings (SSSR count). The smallest absolute Gasteiger partial charge is 0.327 e. The molecule has 0 bridgehead atoms. The van der Waals surface area contributed by atoms with Gasteiger partial charge in [-0.3, -0.25) is 4.79 Å². The molecule has 0 saturated carbocycles. The molecule has 0 aliphatic carbocycles.